The first-order valence-electron chi connectivity index (χ1n) is 11.5. The summed E-state index contributed by atoms with van der Waals surface area (Å²) in [6.07, 6.45) is 6.68. The zero-order chi connectivity index (χ0) is 22.5. The highest BCUT2D eigenvalue weighted by Gasteiger charge is 2.39. The molecule has 1 aromatic heterocycles. The molecule has 1 atom stereocenters. The topological polar surface area (TPSA) is 89.9 Å². The van der Waals surface area contributed by atoms with E-state index in [0.717, 1.165) is 55.8 Å². The van der Waals surface area contributed by atoms with Gasteiger partial charge in [-0.1, -0.05) is 37.3 Å². The smallest absolute Gasteiger partial charge is 0.408 e. The molecule has 0 bridgehead atoms. The lowest BCUT2D eigenvalue weighted by Gasteiger charge is -2.44. The zero-order valence-corrected chi connectivity index (χ0v) is 18.6. The normalized spacial score (nSPS) is 19.8. The molecule has 0 spiro atoms. The molecule has 0 aliphatic carbocycles. The van der Waals surface area contributed by atoms with Gasteiger partial charge in [-0.3, -0.25) is 9.69 Å². The largest absolute Gasteiger partial charge is 0.465 e. The standard InChI is InChI=1S/C24H31N5O3/c1-2-18-15-25-23(26-16-18)27-13-10-20(11-14-27)28-12-6-9-21(22(28)30)29(24(31)32)17-19-7-4-3-5-8-19/h3-5,7-8,15-16,20-21H,2,6,9-14,17H2,1H3,(H,31,32)/t21-/m0/s1. The van der Waals surface area contributed by atoms with Gasteiger partial charge < -0.3 is 14.9 Å². The van der Waals surface area contributed by atoms with Crippen molar-refractivity contribution in [3.63, 3.8) is 0 Å². The number of benzene rings is 1. The van der Waals surface area contributed by atoms with Crippen LogP contribution in [0.5, 0.6) is 0 Å². The number of carboxylic acid groups (broad SMARTS) is 1. The molecular weight excluding hydrogens is 406 g/mol. The molecular formula is C24H31N5O3. The Morgan fingerprint density at radius 1 is 1.06 bits per heavy atom. The number of nitrogens with zero attached hydrogens (tertiary/aromatic N) is 5. The van der Waals surface area contributed by atoms with Crippen LogP contribution >= 0.6 is 0 Å². The molecule has 170 valence electrons. The van der Waals surface area contributed by atoms with Crippen LogP contribution in [0.3, 0.4) is 0 Å². The third kappa shape index (κ3) is 4.84. The minimum atomic E-state index is -1.04. The van der Waals surface area contributed by atoms with Crippen molar-refractivity contribution in [2.24, 2.45) is 0 Å². The Balaban J connectivity index is 1.40. The third-order valence-electron chi connectivity index (χ3n) is 6.55. The fraction of sp³-hybridized carbons (Fsp3) is 0.500. The van der Waals surface area contributed by atoms with Crippen LogP contribution in [0, 0.1) is 0 Å². The average Bonchev–Trinajstić information content (AvgIpc) is 2.84. The Morgan fingerprint density at radius 2 is 1.75 bits per heavy atom. The summed E-state index contributed by atoms with van der Waals surface area (Å²) in [7, 11) is 0. The number of rotatable bonds is 6. The van der Waals surface area contributed by atoms with Gasteiger partial charge in [-0.2, -0.15) is 0 Å². The molecule has 2 aliphatic heterocycles. The van der Waals surface area contributed by atoms with Crippen LogP contribution in [0.15, 0.2) is 42.7 Å². The molecule has 8 heteroatoms. The molecule has 0 radical (unpaired) electrons. The summed E-state index contributed by atoms with van der Waals surface area (Å²) in [5, 5.41) is 9.83. The van der Waals surface area contributed by atoms with Gasteiger partial charge in [0.25, 0.3) is 0 Å². The maximum atomic E-state index is 13.4. The van der Waals surface area contributed by atoms with Gasteiger partial charge in [0, 0.05) is 44.6 Å². The molecule has 3 heterocycles. The van der Waals surface area contributed by atoms with Crippen LogP contribution in [0.4, 0.5) is 10.7 Å². The fourth-order valence-corrected chi connectivity index (χ4v) is 4.69. The Bertz CT molecular complexity index is 913. The number of hydrogen-bond donors (Lipinski definition) is 1. The number of piperidine rings is 2. The summed E-state index contributed by atoms with van der Waals surface area (Å²) in [5.41, 5.74) is 2.01. The monoisotopic (exact) mass is 437 g/mol. The first-order chi connectivity index (χ1) is 15.6. The number of carbonyl (C=O) groups is 2. The molecule has 0 saturated carbocycles. The second-order valence-electron chi connectivity index (χ2n) is 8.55. The Kier molecular flexibility index (Phi) is 6.87. The first kappa shape index (κ1) is 22.0. The predicted octanol–water partition coefficient (Wildman–Crippen LogP) is 3.18. The highest BCUT2D eigenvalue weighted by molar-refractivity contribution is 5.86. The highest BCUT2D eigenvalue weighted by Crippen LogP contribution is 2.26. The lowest BCUT2D eigenvalue weighted by atomic mass is 9.96. The SMILES string of the molecule is CCc1cnc(N2CCC(N3CCC[C@H](N(Cc4ccccc4)C(=O)O)C3=O)CC2)nc1. The lowest BCUT2D eigenvalue weighted by Crippen LogP contribution is -2.58. The van der Waals surface area contributed by atoms with Gasteiger partial charge in [-0.05, 0) is 43.2 Å². The quantitative estimate of drug-likeness (QED) is 0.747. The van der Waals surface area contributed by atoms with E-state index in [-0.39, 0.29) is 18.5 Å². The molecule has 2 fully saturated rings. The molecule has 2 saturated heterocycles. The van der Waals surface area contributed by atoms with Crippen molar-refractivity contribution in [3.8, 4) is 0 Å². The predicted molar refractivity (Wildman–Crippen MR) is 121 cm³/mol. The molecule has 32 heavy (non-hydrogen) atoms. The van der Waals surface area contributed by atoms with Crippen LogP contribution in [-0.4, -0.2) is 68.6 Å². The molecule has 8 nitrogen and oxygen atoms in total. The van der Waals surface area contributed by atoms with E-state index in [4.69, 9.17) is 0 Å². The van der Waals surface area contributed by atoms with E-state index < -0.39 is 12.1 Å². The van der Waals surface area contributed by atoms with Crippen LogP contribution in [0.2, 0.25) is 0 Å². The summed E-state index contributed by atoms with van der Waals surface area (Å²) in [6, 6.07) is 8.97. The molecule has 0 unspecified atom stereocenters. The second-order valence-corrected chi connectivity index (χ2v) is 8.55. The van der Waals surface area contributed by atoms with Crippen molar-refractivity contribution >= 4 is 17.9 Å². The average molecular weight is 438 g/mol. The molecule has 1 N–H and O–H groups in total. The molecule has 1 aromatic carbocycles. The molecule has 2 aromatic rings. The Hall–Kier alpha value is -3.16. The third-order valence-corrected chi connectivity index (χ3v) is 6.55. The van der Waals surface area contributed by atoms with E-state index in [9.17, 15) is 14.7 Å². The summed E-state index contributed by atoms with van der Waals surface area (Å²) >= 11 is 0. The molecule has 4 rings (SSSR count). The van der Waals surface area contributed by atoms with Crippen molar-refractivity contribution in [2.45, 2.75) is 57.7 Å². The van der Waals surface area contributed by atoms with Gasteiger partial charge in [0.15, 0.2) is 0 Å². The van der Waals surface area contributed by atoms with E-state index in [0.29, 0.717) is 13.0 Å². The van der Waals surface area contributed by atoms with Crippen LogP contribution in [-0.2, 0) is 17.8 Å². The van der Waals surface area contributed by atoms with Crippen molar-refractivity contribution in [1.82, 2.24) is 19.8 Å². The number of anilines is 1. The maximum absolute atomic E-state index is 13.4. The maximum Gasteiger partial charge on any atom is 0.408 e. The van der Waals surface area contributed by atoms with E-state index in [1.165, 1.54) is 4.90 Å². The van der Waals surface area contributed by atoms with Gasteiger partial charge in [0.2, 0.25) is 11.9 Å². The first-order valence-corrected chi connectivity index (χ1v) is 11.5. The van der Waals surface area contributed by atoms with Crippen molar-refractivity contribution in [1.29, 1.82) is 0 Å². The van der Waals surface area contributed by atoms with Gasteiger partial charge in [0.1, 0.15) is 6.04 Å². The second kappa shape index (κ2) is 9.97. The van der Waals surface area contributed by atoms with E-state index in [2.05, 4.69) is 21.8 Å². The highest BCUT2D eigenvalue weighted by atomic mass is 16.4. The zero-order valence-electron chi connectivity index (χ0n) is 18.6. The summed E-state index contributed by atoms with van der Waals surface area (Å²) in [6.45, 7) is 4.58. The summed E-state index contributed by atoms with van der Waals surface area (Å²) in [5.74, 6) is 0.681. The van der Waals surface area contributed by atoms with Gasteiger partial charge in [-0.15, -0.1) is 0 Å². The van der Waals surface area contributed by atoms with E-state index >= 15 is 0 Å². The Morgan fingerprint density at radius 3 is 2.38 bits per heavy atom. The number of amides is 2. The van der Waals surface area contributed by atoms with Gasteiger partial charge in [0.05, 0.1) is 0 Å². The summed E-state index contributed by atoms with van der Waals surface area (Å²) < 4.78 is 0. The van der Waals surface area contributed by atoms with Crippen molar-refractivity contribution in [3.05, 3.63) is 53.9 Å². The van der Waals surface area contributed by atoms with Crippen LogP contribution in [0.1, 0.15) is 43.7 Å². The van der Waals surface area contributed by atoms with E-state index in [1.54, 1.807) is 0 Å². The minimum absolute atomic E-state index is 0.0587. The number of aromatic nitrogens is 2. The van der Waals surface area contributed by atoms with Crippen LogP contribution in [0.25, 0.3) is 0 Å². The number of carbonyl (C=O) groups excluding carboxylic acids is 1. The van der Waals surface area contributed by atoms with Gasteiger partial charge >= 0.3 is 6.09 Å². The number of hydrogen-bond acceptors (Lipinski definition) is 5. The van der Waals surface area contributed by atoms with Crippen molar-refractivity contribution in [2.75, 3.05) is 24.5 Å². The number of aryl methyl sites for hydroxylation is 1. The minimum Gasteiger partial charge on any atom is -0.465 e. The summed E-state index contributed by atoms with van der Waals surface area (Å²) in [4.78, 5) is 39.7. The molecule has 2 aliphatic rings. The van der Waals surface area contributed by atoms with Gasteiger partial charge in [-0.25, -0.2) is 14.8 Å². The Labute approximate surface area is 188 Å². The van der Waals surface area contributed by atoms with E-state index in [1.807, 2.05) is 47.6 Å². The number of likely N-dealkylation sites (tertiary alicyclic amines) is 1. The van der Waals surface area contributed by atoms with Crippen LogP contribution < -0.4 is 4.90 Å². The van der Waals surface area contributed by atoms with Crippen molar-refractivity contribution < 1.29 is 14.7 Å². The lowest BCUT2D eigenvalue weighted by molar-refractivity contribution is -0.142. The molecule has 2 amide bonds. The fourth-order valence-electron chi connectivity index (χ4n) is 4.69.